The number of hydrogen-bond acceptors (Lipinski definition) is 2. The molecular formula is C13H19FO2. The van der Waals surface area contributed by atoms with Gasteiger partial charge in [-0.3, -0.25) is 0 Å². The minimum Gasteiger partial charge on any atom is -0.493 e. The summed E-state index contributed by atoms with van der Waals surface area (Å²) < 4.78 is 18.5. The van der Waals surface area contributed by atoms with Crippen LogP contribution >= 0.6 is 0 Å². The maximum atomic E-state index is 13.0. The first-order valence-corrected chi connectivity index (χ1v) is 5.75. The van der Waals surface area contributed by atoms with Crippen molar-refractivity contribution in [3.8, 4) is 5.75 Å². The van der Waals surface area contributed by atoms with Gasteiger partial charge in [0.2, 0.25) is 0 Å². The summed E-state index contributed by atoms with van der Waals surface area (Å²) in [6.45, 7) is 4.33. The lowest BCUT2D eigenvalue weighted by Gasteiger charge is -2.13. The second kappa shape index (κ2) is 6.48. The zero-order valence-electron chi connectivity index (χ0n) is 9.87. The van der Waals surface area contributed by atoms with Gasteiger partial charge in [-0.2, -0.15) is 0 Å². The van der Waals surface area contributed by atoms with E-state index >= 15 is 0 Å². The van der Waals surface area contributed by atoms with Crippen LogP contribution in [0.15, 0.2) is 18.2 Å². The lowest BCUT2D eigenvalue weighted by molar-refractivity contribution is 0.190. The molecule has 0 aliphatic rings. The van der Waals surface area contributed by atoms with E-state index in [1.165, 1.54) is 12.1 Å². The van der Waals surface area contributed by atoms with Crippen molar-refractivity contribution < 1.29 is 14.2 Å². The number of aliphatic hydroxyl groups excluding tert-OH is 1. The molecule has 2 nitrogen and oxygen atoms in total. The van der Waals surface area contributed by atoms with E-state index in [1.807, 2.05) is 0 Å². The van der Waals surface area contributed by atoms with E-state index in [0.717, 1.165) is 19.3 Å². The summed E-state index contributed by atoms with van der Waals surface area (Å²) in [5.74, 6) is 0.112. The van der Waals surface area contributed by atoms with Crippen LogP contribution < -0.4 is 4.74 Å². The molecule has 0 amide bonds. The monoisotopic (exact) mass is 226 g/mol. The van der Waals surface area contributed by atoms with Crippen molar-refractivity contribution in [2.75, 3.05) is 6.61 Å². The minimum atomic E-state index is -0.637. The van der Waals surface area contributed by atoms with Crippen molar-refractivity contribution in [1.82, 2.24) is 0 Å². The van der Waals surface area contributed by atoms with Crippen molar-refractivity contribution >= 4 is 0 Å². The van der Waals surface area contributed by atoms with Gasteiger partial charge in [-0.1, -0.05) is 19.8 Å². The van der Waals surface area contributed by atoms with E-state index in [4.69, 9.17) is 4.74 Å². The smallest absolute Gasteiger partial charge is 0.127 e. The number of rotatable bonds is 6. The Morgan fingerprint density at radius 1 is 1.38 bits per heavy atom. The molecule has 0 spiro atoms. The van der Waals surface area contributed by atoms with Gasteiger partial charge in [0, 0.05) is 11.6 Å². The molecule has 0 aliphatic carbocycles. The summed E-state index contributed by atoms with van der Waals surface area (Å²) >= 11 is 0. The van der Waals surface area contributed by atoms with Crippen molar-refractivity contribution in [2.45, 2.75) is 39.2 Å². The SMILES string of the molecule is CCCCCOc1cc(F)ccc1[C@@H](C)O. The highest BCUT2D eigenvalue weighted by molar-refractivity contribution is 5.35. The average Bonchev–Trinajstić information content (AvgIpc) is 2.24. The van der Waals surface area contributed by atoms with E-state index < -0.39 is 6.10 Å². The Bertz CT molecular complexity index is 324. The molecule has 0 bridgehead atoms. The van der Waals surface area contributed by atoms with Crippen molar-refractivity contribution in [1.29, 1.82) is 0 Å². The van der Waals surface area contributed by atoms with Gasteiger partial charge in [0.25, 0.3) is 0 Å². The fourth-order valence-electron chi connectivity index (χ4n) is 1.51. The molecule has 0 saturated heterocycles. The van der Waals surface area contributed by atoms with Crippen LogP contribution in [0.2, 0.25) is 0 Å². The first-order valence-electron chi connectivity index (χ1n) is 5.75. The van der Waals surface area contributed by atoms with E-state index in [9.17, 15) is 9.50 Å². The number of halogens is 1. The molecule has 0 aliphatic heterocycles. The Hall–Kier alpha value is -1.09. The predicted octanol–water partition coefficient (Wildman–Crippen LogP) is 3.45. The first kappa shape index (κ1) is 13.0. The lowest BCUT2D eigenvalue weighted by atomic mass is 10.1. The lowest BCUT2D eigenvalue weighted by Crippen LogP contribution is -2.02. The predicted molar refractivity (Wildman–Crippen MR) is 62.1 cm³/mol. The molecule has 0 aromatic heterocycles. The molecule has 0 unspecified atom stereocenters. The second-order valence-electron chi connectivity index (χ2n) is 3.91. The normalized spacial score (nSPS) is 12.5. The number of hydrogen-bond donors (Lipinski definition) is 1. The van der Waals surface area contributed by atoms with Gasteiger partial charge in [-0.05, 0) is 25.5 Å². The number of benzene rings is 1. The summed E-state index contributed by atoms with van der Waals surface area (Å²) in [5, 5.41) is 9.50. The molecule has 1 N–H and O–H groups in total. The van der Waals surface area contributed by atoms with Gasteiger partial charge in [0.05, 0.1) is 12.7 Å². The molecule has 1 rings (SSSR count). The quantitative estimate of drug-likeness (QED) is 0.753. The second-order valence-corrected chi connectivity index (χ2v) is 3.91. The summed E-state index contributed by atoms with van der Waals surface area (Å²) in [6.07, 6.45) is 2.53. The first-order chi connectivity index (χ1) is 7.65. The van der Waals surface area contributed by atoms with E-state index in [-0.39, 0.29) is 5.82 Å². The van der Waals surface area contributed by atoms with Gasteiger partial charge in [-0.25, -0.2) is 4.39 Å². The van der Waals surface area contributed by atoms with Crippen LogP contribution in [0.1, 0.15) is 44.8 Å². The van der Waals surface area contributed by atoms with Crippen molar-refractivity contribution in [2.24, 2.45) is 0 Å². The van der Waals surface area contributed by atoms with E-state index in [1.54, 1.807) is 13.0 Å². The Balaban J connectivity index is 2.65. The Morgan fingerprint density at radius 3 is 2.75 bits per heavy atom. The van der Waals surface area contributed by atoms with Gasteiger partial charge in [-0.15, -0.1) is 0 Å². The molecule has 1 aromatic carbocycles. The molecule has 16 heavy (non-hydrogen) atoms. The highest BCUT2D eigenvalue weighted by atomic mass is 19.1. The maximum absolute atomic E-state index is 13.0. The third-order valence-electron chi connectivity index (χ3n) is 2.43. The maximum Gasteiger partial charge on any atom is 0.127 e. The van der Waals surface area contributed by atoms with Crippen LogP contribution in [0, 0.1) is 5.82 Å². The Morgan fingerprint density at radius 2 is 2.12 bits per heavy atom. The fraction of sp³-hybridized carbons (Fsp3) is 0.538. The number of unbranched alkanes of at least 4 members (excludes halogenated alkanes) is 2. The van der Waals surface area contributed by atoms with Gasteiger partial charge in [0.15, 0.2) is 0 Å². The van der Waals surface area contributed by atoms with Crippen LogP contribution in [0.5, 0.6) is 5.75 Å². The van der Waals surface area contributed by atoms with Crippen LogP contribution in [0.3, 0.4) is 0 Å². The van der Waals surface area contributed by atoms with E-state index in [2.05, 4.69) is 6.92 Å². The van der Waals surface area contributed by atoms with Crippen molar-refractivity contribution in [3.05, 3.63) is 29.6 Å². The average molecular weight is 226 g/mol. The summed E-state index contributed by atoms with van der Waals surface area (Å²) in [6, 6.07) is 4.23. The van der Waals surface area contributed by atoms with Gasteiger partial charge in [0.1, 0.15) is 11.6 Å². The van der Waals surface area contributed by atoms with Crippen LogP contribution in [0.25, 0.3) is 0 Å². The zero-order valence-corrected chi connectivity index (χ0v) is 9.87. The molecule has 0 heterocycles. The molecule has 1 aromatic rings. The molecule has 0 saturated carbocycles. The van der Waals surface area contributed by atoms with Crippen LogP contribution in [0.4, 0.5) is 4.39 Å². The minimum absolute atomic E-state index is 0.338. The van der Waals surface area contributed by atoms with Gasteiger partial charge < -0.3 is 9.84 Å². The fourth-order valence-corrected chi connectivity index (χ4v) is 1.51. The topological polar surface area (TPSA) is 29.5 Å². The Labute approximate surface area is 96.1 Å². The third-order valence-corrected chi connectivity index (χ3v) is 2.43. The Kier molecular flexibility index (Phi) is 5.26. The molecular weight excluding hydrogens is 207 g/mol. The largest absolute Gasteiger partial charge is 0.493 e. The molecule has 90 valence electrons. The number of ether oxygens (including phenoxy) is 1. The third kappa shape index (κ3) is 3.81. The molecule has 0 radical (unpaired) electrons. The molecule has 0 fully saturated rings. The zero-order chi connectivity index (χ0) is 12.0. The van der Waals surface area contributed by atoms with Crippen molar-refractivity contribution in [3.63, 3.8) is 0 Å². The summed E-state index contributed by atoms with van der Waals surface area (Å²) in [5.41, 5.74) is 0.637. The molecule has 3 heteroatoms. The molecule has 1 atom stereocenters. The summed E-state index contributed by atoms with van der Waals surface area (Å²) in [7, 11) is 0. The standard InChI is InChI=1S/C13H19FO2/c1-3-4-5-8-16-13-9-11(14)6-7-12(13)10(2)15/h6-7,9-10,15H,3-5,8H2,1-2H3/t10-/m1/s1. The number of aliphatic hydroxyl groups is 1. The van der Waals surface area contributed by atoms with Gasteiger partial charge >= 0.3 is 0 Å². The van der Waals surface area contributed by atoms with Crippen LogP contribution in [-0.4, -0.2) is 11.7 Å². The van der Waals surface area contributed by atoms with Crippen LogP contribution in [-0.2, 0) is 0 Å². The summed E-state index contributed by atoms with van der Waals surface area (Å²) in [4.78, 5) is 0. The highest BCUT2D eigenvalue weighted by Crippen LogP contribution is 2.26. The highest BCUT2D eigenvalue weighted by Gasteiger charge is 2.09. The van der Waals surface area contributed by atoms with E-state index in [0.29, 0.717) is 17.9 Å².